The third-order valence-corrected chi connectivity index (χ3v) is 4.73. The molecule has 0 aliphatic rings. The zero-order chi connectivity index (χ0) is 19.7. The Labute approximate surface area is 162 Å². The SMILES string of the molecule is C=C(Cl)Cn1c(=O)c(CN(C)Cc2c(C)n[nH]c2C)cc2ccc(F)cc21. The highest BCUT2D eigenvalue weighted by atomic mass is 35.5. The highest BCUT2D eigenvalue weighted by Gasteiger charge is 2.14. The first-order chi connectivity index (χ1) is 12.8. The van der Waals surface area contributed by atoms with Crippen molar-refractivity contribution in [2.24, 2.45) is 0 Å². The standard InChI is InChI=1S/C20H22ClFN4O/c1-12(21)9-26-19-8-17(22)6-5-15(19)7-16(20(26)27)10-25(4)11-18-13(2)23-24-14(18)3/h5-8H,1,9-11H2,2-4H3,(H,23,24). The molecular formula is C20H22ClFN4O. The Kier molecular flexibility index (Phi) is 5.48. The molecule has 1 aromatic carbocycles. The maximum atomic E-state index is 13.7. The summed E-state index contributed by atoms with van der Waals surface area (Å²) in [4.78, 5) is 15.0. The van der Waals surface area contributed by atoms with Crippen molar-refractivity contribution in [3.8, 4) is 0 Å². The van der Waals surface area contributed by atoms with E-state index in [1.54, 1.807) is 6.07 Å². The molecule has 0 atom stereocenters. The Morgan fingerprint density at radius 2 is 2.07 bits per heavy atom. The summed E-state index contributed by atoms with van der Waals surface area (Å²) in [6.45, 7) is 8.86. The summed E-state index contributed by atoms with van der Waals surface area (Å²) in [5.74, 6) is -0.397. The number of benzene rings is 1. The van der Waals surface area contributed by atoms with Crippen LogP contribution in [0.15, 0.2) is 40.7 Å². The highest BCUT2D eigenvalue weighted by Crippen LogP contribution is 2.19. The van der Waals surface area contributed by atoms with Crippen molar-refractivity contribution < 1.29 is 4.39 Å². The molecule has 0 unspecified atom stereocenters. The second kappa shape index (κ2) is 7.66. The highest BCUT2D eigenvalue weighted by molar-refractivity contribution is 6.29. The van der Waals surface area contributed by atoms with Crippen molar-refractivity contribution in [1.82, 2.24) is 19.7 Å². The lowest BCUT2D eigenvalue weighted by molar-refractivity contribution is 0.316. The largest absolute Gasteiger partial charge is 0.303 e. The van der Waals surface area contributed by atoms with Gasteiger partial charge in [-0.1, -0.05) is 18.2 Å². The molecule has 142 valence electrons. The maximum Gasteiger partial charge on any atom is 0.255 e. The Morgan fingerprint density at radius 1 is 1.33 bits per heavy atom. The van der Waals surface area contributed by atoms with Gasteiger partial charge in [-0.15, -0.1) is 0 Å². The van der Waals surface area contributed by atoms with Gasteiger partial charge in [0.15, 0.2) is 0 Å². The fraction of sp³-hybridized carbons (Fsp3) is 0.300. The number of hydrogen-bond donors (Lipinski definition) is 1. The summed E-state index contributed by atoms with van der Waals surface area (Å²) in [5.41, 5.74) is 4.02. The van der Waals surface area contributed by atoms with Crippen LogP contribution in [0.4, 0.5) is 4.39 Å². The van der Waals surface area contributed by atoms with Crippen LogP contribution in [0.1, 0.15) is 22.5 Å². The number of fused-ring (bicyclic) bond motifs is 1. The third-order valence-electron chi connectivity index (χ3n) is 4.61. The van der Waals surface area contributed by atoms with E-state index < -0.39 is 5.82 Å². The molecule has 0 bridgehead atoms. The van der Waals surface area contributed by atoms with Crippen LogP contribution in [0.3, 0.4) is 0 Å². The second-order valence-electron chi connectivity index (χ2n) is 6.87. The Bertz CT molecular complexity index is 1050. The topological polar surface area (TPSA) is 53.9 Å². The van der Waals surface area contributed by atoms with Gasteiger partial charge in [-0.05, 0) is 50.5 Å². The zero-order valence-corrected chi connectivity index (χ0v) is 16.4. The molecule has 0 aliphatic carbocycles. The molecule has 1 N–H and O–H groups in total. The van der Waals surface area contributed by atoms with E-state index in [-0.39, 0.29) is 12.1 Å². The summed E-state index contributed by atoms with van der Waals surface area (Å²) < 4.78 is 15.2. The molecule has 0 saturated carbocycles. The van der Waals surface area contributed by atoms with E-state index in [9.17, 15) is 9.18 Å². The molecule has 5 nitrogen and oxygen atoms in total. The third kappa shape index (κ3) is 4.12. The van der Waals surface area contributed by atoms with Gasteiger partial charge in [0, 0.05) is 34.9 Å². The van der Waals surface area contributed by atoms with Crippen molar-refractivity contribution in [2.75, 3.05) is 7.05 Å². The van der Waals surface area contributed by atoms with Gasteiger partial charge in [0.25, 0.3) is 5.56 Å². The van der Waals surface area contributed by atoms with Crippen molar-refractivity contribution in [2.45, 2.75) is 33.5 Å². The van der Waals surface area contributed by atoms with Gasteiger partial charge in [-0.3, -0.25) is 14.8 Å². The smallest absolute Gasteiger partial charge is 0.255 e. The normalized spacial score (nSPS) is 11.5. The number of nitrogens with zero attached hydrogens (tertiary/aromatic N) is 3. The van der Waals surface area contributed by atoms with Gasteiger partial charge in [0.05, 0.1) is 17.8 Å². The number of pyridine rings is 1. The minimum absolute atomic E-state index is 0.137. The van der Waals surface area contributed by atoms with E-state index >= 15 is 0 Å². The first-order valence-electron chi connectivity index (χ1n) is 8.60. The van der Waals surface area contributed by atoms with E-state index in [1.165, 1.54) is 16.7 Å². The number of nitrogens with one attached hydrogen (secondary N) is 1. The summed E-state index contributed by atoms with van der Waals surface area (Å²) in [6.07, 6.45) is 0. The number of aromatic nitrogens is 3. The summed E-state index contributed by atoms with van der Waals surface area (Å²) >= 11 is 5.94. The molecule has 2 aromatic heterocycles. The number of rotatable bonds is 6. The van der Waals surface area contributed by atoms with Crippen molar-refractivity contribution >= 4 is 22.5 Å². The molecular weight excluding hydrogens is 367 g/mol. The van der Waals surface area contributed by atoms with Gasteiger partial charge < -0.3 is 4.57 Å². The summed E-state index contributed by atoms with van der Waals surface area (Å²) in [5, 5.41) is 8.29. The van der Waals surface area contributed by atoms with Crippen molar-refractivity contribution in [1.29, 1.82) is 0 Å². The maximum absolute atomic E-state index is 13.7. The first-order valence-corrected chi connectivity index (χ1v) is 8.98. The van der Waals surface area contributed by atoms with E-state index in [0.29, 0.717) is 29.2 Å². The first kappa shape index (κ1) is 19.3. The zero-order valence-electron chi connectivity index (χ0n) is 15.6. The van der Waals surface area contributed by atoms with Crippen LogP contribution in [0.25, 0.3) is 10.9 Å². The van der Waals surface area contributed by atoms with Crippen LogP contribution >= 0.6 is 11.6 Å². The molecule has 27 heavy (non-hydrogen) atoms. The summed E-state index contributed by atoms with van der Waals surface area (Å²) in [6, 6.07) is 6.22. The van der Waals surface area contributed by atoms with Gasteiger partial charge >= 0.3 is 0 Å². The molecule has 0 aliphatic heterocycles. The van der Waals surface area contributed by atoms with Crippen molar-refractivity contribution in [3.63, 3.8) is 0 Å². The summed E-state index contributed by atoms with van der Waals surface area (Å²) in [7, 11) is 1.95. The van der Waals surface area contributed by atoms with Gasteiger partial charge in [-0.2, -0.15) is 5.10 Å². The van der Waals surface area contributed by atoms with E-state index in [1.807, 2.05) is 27.0 Å². The van der Waals surface area contributed by atoms with Crippen LogP contribution in [-0.2, 0) is 19.6 Å². The fourth-order valence-electron chi connectivity index (χ4n) is 3.27. The average Bonchev–Trinajstić information content (AvgIpc) is 2.91. The lowest BCUT2D eigenvalue weighted by Crippen LogP contribution is -2.29. The molecule has 0 saturated heterocycles. The Morgan fingerprint density at radius 3 is 2.70 bits per heavy atom. The number of H-pyrrole nitrogens is 1. The Hall–Kier alpha value is -2.44. The molecule has 0 amide bonds. The quantitative estimate of drug-likeness (QED) is 0.697. The number of hydrogen-bond acceptors (Lipinski definition) is 3. The molecule has 3 rings (SSSR count). The van der Waals surface area contributed by atoms with Gasteiger partial charge in [0.2, 0.25) is 0 Å². The molecule has 7 heteroatoms. The van der Waals surface area contributed by atoms with E-state index in [0.717, 1.165) is 22.3 Å². The molecule has 2 heterocycles. The van der Waals surface area contributed by atoms with Crippen LogP contribution in [0, 0.1) is 19.7 Å². The lowest BCUT2D eigenvalue weighted by atomic mass is 10.1. The van der Waals surface area contributed by atoms with Gasteiger partial charge in [0.1, 0.15) is 5.82 Å². The number of aromatic amines is 1. The molecule has 0 fully saturated rings. The van der Waals surface area contributed by atoms with E-state index in [4.69, 9.17) is 11.6 Å². The second-order valence-corrected chi connectivity index (χ2v) is 7.40. The monoisotopic (exact) mass is 388 g/mol. The Balaban J connectivity index is 1.99. The predicted octanol–water partition coefficient (Wildman–Crippen LogP) is 3.87. The van der Waals surface area contributed by atoms with Crippen LogP contribution in [0.5, 0.6) is 0 Å². The fourth-order valence-corrected chi connectivity index (χ4v) is 3.39. The molecule has 0 spiro atoms. The van der Waals surface area contributed by atoms with Crippen LogP contribution in [0.2, 0.25) is 0 Å². The minimum atomic E-state index is -0.397. The lowest BCUT2D eigenvalue weighted by Gasteiger charge is -2.19. The minimum Gasteiger partial charge on any atom is -0.303 e. The predicted molar refractivity (Wildman–Crippen MR) is 106 cm³/mol. The molecule has 3 aromatic rings. The number of halogens is 2. The van der Waals surface area contributed by atoms with Gasteiger partial charge in [-0.25, -0.2) is 4.39 Å². The van der Waals surface area contributed by atoms with Crippen LogP contribution < -0.4 is 5.56 Å². The number of aryl methyl sites for hydroxylation is 2. The number of allylic oxidation sites excluding steroid dienone is 1. The van der Waals surface area contributed by atoms with Crippen molar-refractivity contribution in [3.05, 3.63) is 74.6 Å². The van der Waals surface area contributed by atoms with E-state index in [2.05, 4.69) is 21.7 Å². The molecule has 0 radical (unpaired) electrons. The van der Waals surface area contributed by atoms with Crippen LogP contribution in [-0.4, -0.2) is 26.7 Å². The average molecular weight is 389 g/mol.